The van der Waals surface area contributed by atoms with Crippen LogP contribution in [0.5, 0.6) is 0 Å². The molecule has 3 rings (SSSR count). The van der Waals surface area contributed by atoms with E-state index in [1.165, 1.54) is 5.56 Å². The van der Waals surface area contributed by atoms with Crippen molar-refractivity contribution in [2.45, 2.75) is 25.1 Å². The standard InChI is InChI=1S/C17H26N4O2.3ClH/c1-20-5-7-21(8-6-20)12-13-3-2-4-14(9-13)19-17(23)16-10-15(22)11-18-16;;;/h2-4,9,15-16,18,22H,5-8,10-12H2,1H3,(H,19,23);3*1H. The summed E-state index contributed by atoms with van der Waals surface area (Å²) in [4.78, 5) is 17.0. The van der Waals surface area contributed by atoms with Crippen LogP contribution in [-0.2, 0) is 11.3 Å². The second kappa shape index (κ2) is 12.0. The number of aliphatic hydroxyl groups excluding tert-OH is 1. The lowest BCUT2D eigenvalue weighted by Gasteiger charge is -2.32. The molecule has 2 saturated heterocycles. The molecule has 2 aliphatic rings. The van der Waals surface area contributed by atoms with Gasteiger partial charge in [-0.3, -0.25) is 9.69 Å². The molecule has 0 spiro atoms. The number of nitrogens with zero attached hydrogens (tertiary/aromatic N) is 2. The number of piperazine rings is 1. The van der Waals surface area contributed by atoms with Gasteiger partial charge in [0.15, 0.2) is 0 Å². The molecule has 0 saturated carbocycles. The zero-order chi connectivity index (χ0) is 16.2. The molecule has 0 radical (unpaired) electrons. The summed E-state index contributed by atoms with van der Waals surface area (Å²) >= 11 is 0. The fraction of sp³-hybridized carbons (Fsp3) is 0.588. The van der Waals surface area contributed by atoms with Gasteiger partial charge >= 0.3 is 0 Å². The number of likely N-dealkylation sites (N-methyl/N-ethyl adjacent to an activating group) is 1. The first-order valence-corrected chi connectivity index (χ1v) is 8.32. The van der Waals surface area contributed by atoms with Gasteiger partial charge in [0.25, 0.3) is 0 Å². The number of aliphatic hydroxyl groups is 1. The van der Waals surface area contributed by atoms with Crippen LogP contribution >= 0.6 is 37.2 Å². The Kier molecular flexibility index (Phi) is 11.7. The molecule has 6 nitrogen and oxygen atoms in total. The van der Waals surface area contributed by atoms with Crippen LogP contribution in [0.25, 0.3) is 0 Å². The summed E-state index contributed by atoms with van der Waals surface area (Å²) in [5, 5.41) is 15.5. The van der Waals surface area contributed by atoms with Crippen LogP contribution in [-0.4, -0.2) is 72.7 Å². The van der Waals surface area contributed by atoms with Gasteiger partial charge in [-0.05, 0) is 31.2 Å². The van der Waals surface area contributed by atoms with E-state index in [0.29, 0.717) is 13.0 Å². The van der Waals surface area contributed by atoms with E-state index in [4.69, 9.17) is 0 Å². The molecular formula is C17H29Cl3N4O2. The molecule has 2 aliphatic heterocycles. The summed E-state index contributed by atoms with van der Waals surface area (Å²) in [5.41, 5.74) is 2.04. The van der Waals surface area contributed by atoms with Crippen LogP contribution in [0.2, 0.25) is 0 Å². The molecule has 0 aromatic heterocycles. The van der Waals surface area contributed by atoms with Crippen molar-refractivity contribution < 1.29 is 9.90 Å². The highest BCUT2D eigenvalue weighted by Crippen LogP contribution is 2.15. The molecule has 0 bridgehead atoms. The molecule has 2 heterocycles. The Bertz CT molecular complexity index is 557. The largest absolute Gasteiger partial charge is 0.392 e. The number of hydrogen-bond acceptors (Lipinski definition) is 5. The summed E-state index contributed by atoms with van der Waals surface area (Å²) in [6.07, 6.45) is 0.0571. The van der Waals surface area contributed by atoms with E-state index in [1.807, 2.05) is 18.2 Å². The Labute approximate surface area is 173 Å². The van der Waals surface area contributed by atoms with Crippen LogP contribution in [0, 0.1) is 0 Å². The zero-order valence-electron chi connectivity index (χ0n) is 14.9. The van der Waals surface area contributed by atoms with E-state index in [2.05, 4.69) is 33.5 Å². The van der Waals surface area contributed by atoms with Crippen molar-refractivity contribution in [2.24, 2.45) is 0 Å². The van der Waals surface area contributed by atoms with Crippen molar-refractivity contribution in [3.63, 3.8) is 0 Å². The van der Waals surface area contributed by atoms with Crippen LogP contribution in [0.15, 0.2) is 24.3 Å². The smallest absolute Gasteiger partial charge is 0.241 e. The fourth-order valence-corrected chi connectivity index (χ4v) is 3.16. The van der Waals surface area contributed by atoms with Crippen LogP contribution in [0.1, 0.15) is 12.0 Å². The van der Waals surface area contributed by atoms with Crippen LogP contribution in [0.4, 0.5) is 5.69 Å². The quantitative estimate of drug-likeness (QED) is 0.677. The van der Waals surface area contributed by atoms with E-state index in [-0.39, 0.29) is 49.2 Å². The highest BCUT2D eigenvalue weighted by molar-refractivity contribution is 5.95. The Hall–Kier alpha value is -0.600. The van der Waals surface area contributed by atoms with E-state index >= 15 is 0 Å². The Morgan fingerprint density at radius 1 is 1.23 bits per heavy atom. The molecular weight excluding hydrogens is 399 g/mol. The Morgan fingerprint density at radius 3 is 2.54 bits per heavy atom. The third kappa shape index (κ3) is 7.19. The van der Waals surface area contributed by atoms with E-state index < -0.39 is 6.10 Å². The summed E-state index contributed by atoms with van der Waals surface area (Å²) in [5.74, 6) is -0.0710. The van der Waals surface area contributed by atoms with Crippen LogP contribution in [0.3, 0.4) is 0 Å². The minimum absolute atomic E-state index is 0. The Balaban J connectivity index is 0.00000208. The predicted octanol–water partition coefficient (Wildman–Crippen LogP) is 1.36. The Morgan fingerprint density at radius 2 is 1.92 bits per heavy atom. The number of amides is 1. The highest BCUT2D eigenvalue weighted by atomic mass is 35.5. The summed E-state index contributed by atoms with van der Waals surface area (Å²) < 4.78 is 0. The second-order valence-corrected chi connectivity index (χ2v) is 6.62. The van der Waals surface area contributed by atoms with Crippen molar-refractivity contribution >= 4 is 48.8 Å². The van der Waals surface area contributed by atoms with Gasteiger partial charge in [-0.1, -0.05) is 12.1 Å². The van der Waals surface area contributed by atoms with Crippen molar-refractivity contribution in [1.29, 1.82) is 0 Å². The number of hydrogen-bond donors (Lipinski definition) is 3. The first kappa shape index (κ1) is 25.4. The summed E-state index contributed by atoms with van der Waals surface area (Å²) in [7, 11) is 2.15. The van der Waals surface area contributed by atoms with Crippen molar-refractivity contribution in [3.05, 3.63) is 29.8 Å². The molecule has 150 valence electrons. The van der Waals surface area contributed by atoms with E-state index in [9.17, 15) is 9.90 Å². The maximum atomic E-state index is 12.2. The van der Waals surface area contributed by atoms with Gasteiger partial charge in [-0.2, -0.15) is 0 Å². The number of β-amino-alcohol motifs (C(OH)–C–C–N with tert-alkyl or cyclic N) is 1. The summed E-state index contributed by atoms with van der Waals surface area (Å²) in [6, 6.07) is 7.74. The van der Waals surface area contributed by atoms with Gasteiger partial charge in [0.2, 0.25) is 5.91 Å². The molecule has 1 aromatic carbocycles. The minimum atomic E-state index is -0.422. The lowest BCUT2D eigenvalue weighted by Crippen LogP contribution is -2.43. The number of halogens is 3. The minimum Gasteiger partial charge on any atom is -0.392 e. The third-order valence-corrected chi connectivity index (χ3v) is 4.62. The number of anilines is 1. The second-order valence-electron chi connectivity index (χ2n) is 6.62. The fourth-order valence-electron chi connectivity index (χ4n) is 3.16. The highest BCUT2D eigenvalue weighted by Gasteiger charge is 2.28. The van der Waals surface area contributed by atoms with Gasteiger partial charge in [0.05, 0.1) is 12.1 Å². The molecule has 3 N–H and O–H groups in total. The number of benzene rings is 1. The van der Waals surface area contributed by atoms with Gasteiger partial charge in [-0.25, -0.2) is 0 Å². The first-order chi connectivity index (χ1) is 11.1. The van der Waals surface area contributed by atoms with Gasteiger partial charge in [0.1, 0.15) is 0 Å². The van der Waals surface area contributed by atoms with Gasteiger partial charge in [0, 0.05) is 45.0 Å². The maximum absolute atomic E-state index is 12.2. The average molecular weight is 428 g/mol. The van der Waals surface area contributed by atoms with E-state index in [0.717, 1.165) is 38.4 Å². The zero-order valence-corrected chi connectivity index (χ0v) is 17.3. The van der Waals surface area contributed by atoms with Crippen molar-refractivity contribution in [1.82, 2.24) is 15.1 Å². The molecule has 26 heavy (non-hydrogen) atoms. The lowest BCUT2D eigenvalue weighted by molar-refractivity contribution is -0.117. The molecule has 2 atom stereocenters. The van der Waals surface area contributed by atoms with Gasteiger partial charge in [-0.15, -0.1) is 37.2 Å². The molecule has 2 unspecified atom stereocenters. The monoisotopic (exact) mass is 426 g/mol. The maximum Gasteiger partial charge on any atom is 0.241 e. The van der Waals surface area contributed by atoms with E-state index in [1.54, 1.807) is 0 Å². The summed E-state index contributed by atoms with van der Waals surface area (Å²) in [6.45, 7) is 5.77. The molecule has 9 heteroatoms. The first-order valence-electron chi connectivity index (χ1n) is 8.32. The number of rotatable bonds is 4. The average Bonchev–Trinajstić information content (AvgIpc) is 2.97. The number of carbonyl (C=O) groups is 1. The van der Waals surface area contributed by atoms with Gasteiger partial charge < -0.3 is 20.6 Å². The lowest BCUT2D eigenvalue weighted by atomic mass is 10.1. The number of nitrogens with one attached hydrogen (secondary N) is 2. The van der Waals surface area contributed by atoms with Crippen LogP contribution < -0.4 is 10.6 Å². The number of carbonyl (C=O) groups excluding carboxylic acids is 1. The topological polar surface area (TPSA) is 67.8 Å². The van der Waals surface area contributed by atoms with Crippen molar-refractivity contribution in [2.75, 3.05) is 45.1 Å². The third-order valence-electron chi connectivity index (χ3n) is 4.62. The SMILES string of the molecule is CN1CCN(Cc2cccc(NC(=O)C3CC(O)CN3)c2)CC1.Cl.Cl.Cl. The van der Waals surface area contributed by atoms with Crippen molar-refractivity contribution in [3.8, 4) is 0 Å². The molecule has 2 fully saturated rings. The molecule has 0 aliphatic carbocycles. The molecule has 1 aromatic rings. The predicted molar refractivity (Wildman–Crippen MR) is 112 cm³/mol. The normalized spacial score (nSPS) is 23.3. The molecule has 1 amide bonds.